The minimum atomic E-state index is -0.0803. The normalized spacial score (nSPS) is 12.5. The van der Waals surface area contributed by atoms with Crippen molar-refractivity contribution in [1.82, 2.24) is 0 Å². The van der Waals surface area contributed by atoms with E-state index in [1.54, 1.807) is 0 Å². The van der Waals surface area contributed by atoms with Gasteiger partial charge in [-0.1, -0.05) is 113 Å². The predicted molar refractivity (Wildman–Crippen MR) is 147 cm³/mol. The maximum absolute atomic E-state index is 12.4. The van der Waals surface area contributed by atoms with Crippen LogP contribution < -0.4 is 5.11 Å². The molecule has 0 aliphatic heterocycles. The second-order valence-electron chi connectivity index (χ2n) is 12.3. The zero-order valence-electron chi connectivity index (χ0n) is 24.5. The topological polar surface area (TPSA) is 23.1 Å². The summed E-state index contributed by atoms with van der Waals surface area (Å²) in [6.07, 6.45) is 11.1. The molecule has 0 radical (unpaired) electrons. The fourth-order valence-electron chi connectivity index (χ4n) is 4.53. The average Bonchev–Trinajstić information content (AvgIpc) is 2.73. The van der Waals surface area contributed by atoms with Gasteiger partial charge in [0.15, 0.2) is 0 Å². The van der Waals surface area contributed by atoms with E-state index in [0.717, 1.165) is 11.1 Å². The summed E-state index contributed by atoms with van der Waals surface area (Å²) in [6, 6.07) is 4.05. The highest BCUT2D eigenvalue weighted by molar-refractivity contribution is 5.48. The van der Waals surface area contributed by atoms with Gasteiger partial charge in [0.25, 0.3) is 0 Å². The summed E-state index contributed by atoms with van der Waals surface area (Å²) in [7, 11) is 0. The average molecular weight is 462 g/mol. The summed E-state index contributed by atoms with van der Waals surface area (Å²) < 4.78 is 1.42. The van der Waals surface area contributed by atoms with E-state index in [9.17, 15) is 5.11 Å². The number of rotatable bonds is 12. The van der Waals surface area contributed by atoms with Crippen molar-refractivity contribution in [3.8, 4) is 5.75 Å². The third kappa shape index (κ3) is 11.8. The molecule has 0 aliphatic rings. The molecule has 0 bridgehead atoms. The van der Waals surface area contributed by atoms with Gasteiger partial charge in [-0.25, -0.2) is 0 Å². The van der Waals surface area contributed by atoms with Crippen molar-refractivity contribution in [2.45, 2.75) is 138 Å². The Hall–Kier alpha value is -1.02. The summed E-state index contributed by atoms with van der Waals surface area (Å²) in [5.74, 6) is 0.214. The lowest BCUT2D eigenvalue weighted by Gasteiger charge is -2.39. The Morgan fingerprint density at radius 3 is 1.09 bits per heavy atom. The van der Waals surface area contributed by atoms with Gasteiger partial charge >= 0.3 is 0 Å². The van der Waals surface area contributed by atoms with E-state index in [4.69, 9.17) is 0 Å². The highest BCUT2D eigenvalue weighted by atomic mass is 16.3. The second kappa shape index (κ2) is 15.1. The lowest BCUT2D eigenvalue weighted by atomic mass is 9.78. The van der Waals surface area contributed by atoms with Gasteiger partial charge in [-0.15, -0.1) is 5.75 Å². The first kappa shape index (κ1) is 32.0. The second-order valence-corrected chi connectivity index (χ2v) is 12.3. The Kier molecular flexibility index (Phi) is 14.6. The molecule has 0 amide bonds. The van der Waals surface area contributed by atoms with Crippen LogP contribution in [-0.4, -0.2) is 30.7 Å². The maximum Gasteiger partial charge on any atom is 0.0786 e. The van der Waals surface area contributed by atoms with Crippen molar-refractivity contribution in [2.75, 3.05) is 26.2 Å². The van der Waals surface area contributed by atoms with Crippen LogP contribution in [-0.2, 0) is 10.8 Å². The number of benzene rings is 1. The zero-order chi connectivity index (χ0) is 25.7. The van der Waals surface area contributed by atoms with Crippen molar-refractivity contribution in [3.63, 3.8) is 0 Å². The number of aryl methyl sites for hydroxylation is 1. The Labute approximate surface area is 208 Å². The highest BCUT2D eigenvalue weighted by Gasteiger charge is 2.25. The number of quaternary nitrogens is 1. The van der Waals surface area contributed by atoms with Gasteiger partial charge in [-0.3, -0.25) is 0 Å². The first-order valence-electron chi connectivity index (χ1n) is 14.0. The fourth-order valence-corrected chi connectivity index (χ4v) is 4.53. The minimum Gasteiger partial charge on any atom is -0.872 e. The monoisotopic (exact) mass is 461 g/mol. The van der Waals surface area contributed by atoms with Crippen molar-refractivity contribution in [3.05, 3.63) is 28.8 Å². The third-order valence-corrected chi connectivity index (χ3v) is 6.79. The van der Waals surface area contributed by atoms with Crippen LogP contribution in [0.4, 0.5) is 0 Å². The molecule has 2 nitrogen and oxygen atoms in total. The molecule has 1 aromatic rings. The molecule has 0 saturated heterocycles. The van der Waals surface area contributed by atoms with E-state index in [1.807, 2.05) is 12.1 Å². The van der Waals surface area contributed by atoms with Crippen molar-refractivity contribution >= 4 is 0 Å². The van der Waals surface area contributed by atoms with E-state index < -0.39 is 0 Å². The van der Waals surface area contributed by atoms with E-state index in [0.29, 0.717) is 0 Å². The lowest BCUT2D eigenvalue weighted by molar-refractivity contribution is -0.929. The Bertz CT molecular complexity index is 575. The SMILES string of the molecule is CCCC[N+](CCCC)(CCCC)CCCC.Cc1cc(C(C)(C)C)c([O-])c(C(C)(C)C)c1. The summed E-state index contributed by atoms with van der Waals surface area (Å²) in [4.78, 5) is 0. The van der Waals surface area contributed by atoms with Crippen molar-refractivity contribution < 1.29 is 9.59 Å². The zero-order valence-corrected chi connectivity index (χ0v) is 24.5. The molecule has 0 aromatic heterocycles. The number of hydrogen-bond donors (Lipinski definition) is 0. The fraction of sp³-hybridized carbons (Fsp3) is 0.806. The number of unbranched alkanes of at least 4 members (excludes halogenated alkanes) is 4. The van der Waals surface area contributed by atoms with E-state index in [2.05, 4.69) is 76.2 Å². The molecule has 33 heavy (non-hydrogen) atoms. The lowest BCUT2D eigenvalue weighted by Crippen LogP contribution is -2.50. The molecule has 1 aromatic carbocycles. The molecule has 0 aliphatic carbocycles. The van der Waals surface area contributed by atoms with Gasteiger partial charge in [-0.05, 0) is 54.6 Å². The molecule has 0 unspecified atom stereocenters. The molecule has 0 fully saturated rings. The first-order valence-corrected chi connectivity index (χ1v) is 14.0. The number of hydrogen-bond acceptors (Lipinski definition) is 1. The standard InChI is InChI=1S/C16H36N.C15H24O/c1-5-9-13-17(14-10-6-2,15-11-7-3)16-12-8-4;1-10-8-11(14(2,3)4)13(16)12(9-10)15(5,6)7/h5-16H2,1-4H3;8-9,16H,1-7H3/q+1;/p-1. The molecule has 2 heteroatoms. The third-order valence-electron chi connectivity index (χ3n) is 6.79. The van der Waals surface area contributed by atoms with Crippen LogP contribution in [0.2, 0.25) is 0 Å². The maximum atomic E-state index is 12.4. The van der Waals surface area contributed by atoms with E-state index in [1.165, 1.54) is 87.6 Å². The summed E-state index contributed by atoms with van der Waals surface area (Å²) >= 11 is 0. The van der Waals surface area contributed by atoms with Crippen LogP contribution in [0.25, 0.3) is 0 Å². The minimum absolute atomic E-state index is 0.0803. The van der Waals surface area contributed by atoms with E-state index >= 15 is 0 Å². The molecule has 194 valence electrons. The molecular weight excluding hydrogens is 402 g/mol. The van der Waals surface area contributed by atoms with Gasteiger partial charge < -0.3 is 9.59 Å². The Balaban J connectivity index is 0.000000621. The van der Waals surface area contributed by atoms with E-state index in [-0.39, 0.29) is 16.6 Å². The van der Waals surface area contributed by atoms with Gasteiger partial charge in [0.1, 0.15) is 0 Å². The molecule has 0 spiro atoms. The summed E-state index contributed by atoms with van der Waals surface area (Å²) in [5.41, 5.74) is 2.87. The number of nitrogens with zero attached hydrogens (tertiary/aromatic N) is 1. The van der Waals surface area contributed by atoms with Crippen molar-refractivity contribution in [1.29, 1.82) is 0 Å². The van der Waals surface area contributed by atoms with Gasteiger partial charge in [-0.2, -0.15) is 0 Å². The Morgan fingerprint density at radius 1 is 0.606 bits per heavy atom. The molecule has 0 N–H and O–H groups in total. The Morgan fingerprint density at radius 2 is 0.879 bits per heavy atom. The summed E-state index contributed by atoms with van der Waals surface area (Å²) in [6.45, 7) is 29.6. The first-order chi connectivity index (χ1) is 15.3. The van der Waals surface area contributed by atoms with Crippen LogP contribution in [0, 0.1) is 6.92 Å². The van der Waals surface area contributed by atoms with Gasteiger partial charge in [0.2, 0.25) is 0 Å². The largest absolute Gasteiger partial charge is 0.872 e. The quantitative estimate of drug-likeness (QED) is 0.285. The molecule has 0 atom stereocenters. The predicted octanol–water partition coefficient (Wildman–Crippen LogP) is 8.67. The summed E-state index contributed by atoms with van der Waals surface area (Å²) in [5, 5.41) is 12.4. The van der Waals surface area contributed by atoms with Gasteiger partial charge in [0, 0.05) is 0 Å². The van der Waals surface area contributed by atoms with Gasteiger partial charge in [0.05, 0.1) is 26.2 Å². The van der Waals surface area contributed by atoms with Crippen LogP contribution in [0.5, 0.6) is 5.75 Å². The van der Waals surface area contributed by atoms with Crippen LogP contribution in [0.3, 0.4) is 0 Å². The van der Waals surface area contributed by atoms with Crippen LogP contribution in [0.1, 0.15) is 137 Å². The van der Waals surface area contributed by atoms with Crippen molar-refractivity contribution in [2.24, 2.45) is 0 Å². The molecular formula is C31H59NO. The highest BCUT2D eigenvalue weighted by Crippen LogP contribution is 2.37. The molecule has 0 heterocycles. The van der Waals surface area contributed by atoms with Crippen LogP contribution >= 0.6 is 0 Å². The molecule has 0 saturated carbocycles. The molecule has 1 rings (SSSR count). The smallest absolute Gasteiger partial charge is 0.0786 e. The van der Waals surface area contributed by atoms with Crippen LogP contribution in [0.15, 0.2) is 12.1 Å².